The average molecular weight is 269 g/mol. The van der Waals surface area contributed by atoms with Crippen LogP contribution in [0, 0.1) is 0 Å². The molecular formula is C16H19N3O. The Morgan fingerprint density at radius 2 is 2.20 bits per heavy atom. The highest BCUT2D eigenvalue weighted by Crippen LogP contribution is 2.19. The second-order valence-electron chi connectivity index (χ2n) is 5.15. The highest BCUT2D eigenvalue weighted by molar-refractivity contribution is 5.30. The van der Waals surface area contributed by atoms with Gasteiger partial charge in [0.25, 0.3) is 0 Å². The molecule has 0 saturated heterocycles. The van der Waals surface area contributed by atoms with Gasteiger partial charge in [-0.3, -0.25) is 0 Å². The summed E-state index contributed by atoms with van der Waals surface area (Å²) in [5, 5.41) is 3.47. The van der Waals surface area contributed by atoms with Crippen molar-refractivity contribution in [3.05, 3.63) is 53.6 Å². The first-order valence-electron chi connectivity index (χ1n) is 7.00. The van der Waals surface area contributed by atoms with Crippen LogP contribution in [0.5, 0.6) is 5.75 Å². The molecule has 3 rings (SSSR count). The Bertz CT molecular complexity index is 581. The summed E-state index contributed by atoms with van der Waals surface area (Å²) in [6.07, 6.45) is 5.16. The van der Waals surface area contributed by atoms with E-state index in [2.05, 4.69) is 21.4 Å². The van der Waals surface area contributed by atoms with E-state index < -0.39 is 0 Å². The summed E-state index contributed by atoms with van der Waals surface area (Å²) in [5.41, 5.74) is 2.22. The van der Waals surface area contributed by atoms with Crippen molar-refractivity contribution in [1.29, 1.82) is 0 Å². The smallest absolute Gasteiger partial charge is 0.132 e. The number of nitrogens with zero attached hydrogens (tertiary/aromatic N) is 2. The highest BCUT2D eigenvalue weighted by Gasteiger charge is 2.20. The van der Waals surface area contributed by atoms with E-state index in [9.17, 15) is 0 Å². The van der Waals surface area contributed by atoms with Gasteiger partial charge in [-0.25, -0.2) is 9.97 Å². The molecule has 0 bridgehead atoms. The molecule has 1 fully saturated rings. The molecule has 20 heavy (non-hydrogen) atoms. The van der Waals surface area contributed by atoms with Gasteiger partial charge >= 0.3 is 0 Å². The van der Waals surface area contributed by atoms with Gasteiger partial charge in [0.1, 0.15) is 11.6 Å². The average Bonchev–Trinajstić information content (AvgIpc) is 3.30. The van der Waals surface area contributed by atoms with Crippen LogP contribution in [0.1, 0.15) is 29.9 Å². The number of hydrogen-bond donors (Lipinski definition) is 1. The maximum atomic E-state index is 5.24. The van der Waals surface area contributed by atoms with Crippen molar-refractivity contribution >= 4 is 0 Å². The Hall–Kier alpha value is -1.94. The fourth-order valence-corrected chi connectivity index (χ4v) is 2.13. The molecule has 0 amide bonds. The van der Waals surface area contributed by atoms with Crippen molar-refractivity contribution in [3.63, 3.8) is 0 Å². The van der Waals surface area contributed by atoms with Crippen LogP contribution in [-0.4, -0.2) is 23.1 Å². The van der Waals surface area contributed by atoms with Gasteiger partial charge < -0.3 is 10.1 Å². The molecule has 0 aliphatic heterocycles. The van der Waals surface area contributed by atoms with Gasteiger partial charge in [0.2, 0.25) is 0 Å². The van der Waals surface area contributed by atoms with Crippen molar-refractivity contribution in [2.75, 3.05) is 7.11 Å². The normalized spacial score (nSPS) is 14.2. The summed E-state index contributed by atoms with van der Waals surface area (Å²) in [7, 11) is 1.68. The predicted molar refractivity (Wildman–Crippen MR) is 77.7 cm³/mol. The lowest BCUT2D eigenvalue weighted by Crippen LogP contribution is -2.16. The zero-order valence-electron chi connectivity index (χ0n) is 11.7. The minimum Gasteiger partial charge on any atom is -0.497 e. The molecule has 0 radical (unpaired) electrons. The van der Waals surface area contributed by atoms with E-state index in [4.69, 9.17) is 4.74 Å². The summed E-state index contributed by atoms with van der Waals surface area (Å²) < 4.78 is 5.24. The van der Waals surface area contributed by atoms with E-state index in [1.807, 2.05) is 30.5 Å². The van der Waals surface area contributed by atoms with Crippen LogP contribution >= 0.6 is 0 Å². The highest BCUT2D eigenvalue weighted by atomic mass is 16.5. The monoisotopic (exact) mass is 269 g/mol. The molecule has 1 heterocycles. The van der Waals surface area contributed by atoms with Crippen molar-refractivity contribution in [3.8, 4) is 5.75 Å². The molecule has 1 N–H and O–H groups in total. The molecule has 0 atom stereocenters. The molecule has 4 heteroatoms. The molecule has 104 valence electrons. The number of ether oxygens (including phenoxy) is 1. The molecule has 0 unspecified atom stereocenters. The fraction of sp³-hybridized carbons (Fsp3) is 0.375. The third-order valence-corrected chi connectivity index (χ3v) is 3.41. The second-order valence-corrected chi connectivity index (χ2v) is 5.15. The van der Waals surface area contributed by atoms with Crippen LogP contribution in [0.3, 0.4) is 0 Å². The lowest BCUT2D eigenvalue weighted by Gasteiger charge is -2.06. The summed E-state index contributed by atoms with van der Waals surface area (Å²) in [5.74, 6) is 1.72. The molecular weight excluding hydrogens is 250 g/mol. The van der Waals surface area contributed by atoms with Gasteiger partial charge in [-0.1, -0.05) is 12.1 Å². The minimum absolute atomic E-state index is 0.701. The van der Waals surface area contributed by atoms with Crippen LogP contribution in [-0.2, 0) is 13.0 Å². The maximum absolute atomic E-state index is 5.24. The van der Waals surface area contributed by atoms with Crippen molar-refractivity contribution in [2.24, 2.45) is 0 Å². The zero-order valence-corrected chi connectivity index (χ0v) is 11.7. The van der Waals surface area contributed by atoms with Gasteiger partial charge in [0.05, 0.1) is 12.8 Å². The van der Waals surface area contributed by atoms with Crippen molar-refractivity contribution < 1.29 is 4.74 Å². The van der Waals surface area contributed by atoms with Gasteiger partial charge in [0, 0.05) is 25.2 Å². The Balaban J connectivity index is 1.67. The molecule has 1 saturated carbocycles. The number of hydrogen-bond acceptors (Lipinski definition) is 4. The first-order chi connectivity index (χ1) is 9.83. The Kier molecular flexibility index (Phi) is 3.92. The van der Waals surface area contributed by atoms with Crippen molar-refractivity contribution in [1.82, 2.24) is 15.3 Å². The third kappa shape index (κ3) is 3.54. The van der Waals surface area contributed by atoms with Gasteiger partial charge in [-0.05, 0) is 36.6 Å². The van der Waals surface area contributed by atoms with E-state index in [1.165, 1.54) is 12.8 Å². The Morgan fingerprint density at radius 3 is 3.00 bits per heavy atom. The van der Waals surface area contributed by atoms with E-state index in [0.29, 0.717) is 6.04 Å². The molecule has 1 aromatic carbocycles. The van der Waals surface area contributed by atoms with E-state index in [1.54, 1.807) is 7.11 Å². The predicted octanol–water partition coefficient (Wildman–Crippen LogP) is 2.33. The first kappa shape index (κ1) is 13.1. The maximum Gasteiger partial charge on any atom is 0.132 e. The molecule has 0 spiro atoms. The minimum atomic E-state index is 0.701. The van der Waals surface area contributed by atoms with Crippen LogP contribution in [0.25, 0.3) is 0 Å². The van der Waals surface area contributed by atoms with Crippen LogP contribution in [0.4, 0.5) is 0 Å². The first-order valence-corrected chi connectivity index (χ1v) is 7.00. The van der Waals surface area contributed by atoms with E-state index in [-0.39, 0.29) is 0 Å². The molecule has 2 aromatic rings. The summed E-state index contributed by atoms with van der Waals surface area (Å²) in [6.45, 7) is 0.832. The standard InChI is InChI=1S/C16H19N3O/c1-20-15-4-2-3-12(9-15)10-16-17-8-7-14(19-16)11-18-13-5-6-13/h2-4,7-9,13,18H,5-6,10-11H2,1H3. The Morgan fingerprint density at radius 1 is 1.30 bits per heavy atom. The summed E-state index contributed by atoms with van der Waals surface area (Å²) >= 11 is 0. The largest absolute Gasteiger partial charge is 0.497 e. The molecule has 4 nitrogen and oxygen atoms in total. The van der Waals surface area contributed by atoms with E-state index >= 15 is 0 Å². The molecule has 1 aliphatic rings. The topological polar surface area (TPSA) is 47.0 Å². The quantitative estimate of drug-likeness (QED) is 0.874. The lowest BCUT2D eigenvalue weighted by atomic mass is 10.1. The van der Waals surface area contributed by atoms with Crippen LogP contribution in [0.15, 0.2) is 36.5 Å². The SMILES string of the molecule is COc1cccc(Cc2nccc(CNC3CC3)n2)c1. The second kappa shape index (κ2) is 6.01. The number of benzene rings is 1. The lowest BCUT2D eigenvalue weighted by molar-refractivity contribution is 0.414. The van der Waals surface area contributed by atoms with Crippen LogP contribution < -0.4 is 10.1 Å². The number of aromatic nitrogens is 2. The van der Waals surface area contributed by atoms with Gasteiger partial charge in [0.15, 0.2) is 0 Å². The zero-order chi connectivity index (χ0) is 13.8. The number of methoxy groups -OCH3 is 1. The van der Waals surface area contributed by atoms with Gasteiger partial charge in [-0.2, -0.15) is 0 Å². The fourth-order valence-electron chi connectivity index (χ4n) is 2.13. The number of rotatable bonds is 6. The molecule has 1 aromatic heterocycles. The molecule has 1 aliphatic carbocycles. The van der Waals surface area contributed by atoms with Gasteiger partial charge in [-0.15, -0.1) is 0 Å². The number of nitrogens with one attached hydrogen (secondary N) is 1. The summed E-state index contributed by atoms with van der Waals surface area (Å²) in [6, 6.07) is 10.7. The Labute approximate surface area is 119 Å². The third-order valence-electron chi connectivity index (χ3n) is 3.41. The van der Waals surface area contributed by atoms with E-state index in [0.717, 1.165) is 35.8 Å². The van der Waals surface area contributed by atoms with Crippen LogP contribution in [0.2, 0.25) is 0 Å². The summed E-state index contributed by atoms with van der Waals surface area (Å²) in [4.78, 5) is 8.96. The van der Waals surface area contributed by atoms with Crippen molar-refractivity contribution in [2.45, 2.75) is 31.8 Å².